The van der Waals surface area contributed by atoms with E-state index in [1.807, 2.05) is 0 Å². The van der Waals surface area contributed by atoms with E-state index >= 15 is 0 Å². The lowest BCUT2D eigenvalue weighted by Gasteiger charge is -2.18. The molecule has 48 heavy (non-hydrogen) atoms. The number of amides is 1. The minimum atomic E-state index is -1.02. The van der Waals surface area contributed by atoms with Gasteiger partial charge in [-0.1, -0.05) is 133 Å². The predicted molar refractivity (Wildman–Crippen MR) is 203 cm³/mol. The third kappa shape index (κ3) is 36.2. The number of hydrogen-bond donors (Lipinski definition) is 2. The normalized spacial score (nSPS) is 12.5. The van der Waals surface area contributed by atoms with Crippen molar-refractivity contribution in [3.63, 3.8) is 0 Å². The maximum Gasteiger partial charge on any atom is 0.322 e. The molecule has 1 atom stereocenters. The first-order chi connectivity index (χ1) is 23.5. The van der Waals surface area contributed by atoms with Crippen LogP contribution in [-0.4, -0.2) is 35.6 Å². The molecule has 0 aliphatic carbocycles. The molecule has 6 heteroatoms. The number of esters is 1. The van der Waals surface area contributed by atoms with E-state index in [4.69, 9.17) is 9.84 Å². The second-order valence-corrected chi connectivity index (χ2v) is 13.1. The number of carboxylic acid groups (broad SMARTS) is 1. The SMILES string of the molecule is CC/C=C\C/C=C\C/C=C\CCCCCC(=O)OC(CCC/C=C\CCCCCCCCCC)CCCCCCCC(=O)NCC(=O)O. The van der Waals surface area contributed by atoms with E-state index in [0.717, 1.165) is 103 Å². The molecule has 0 aromatic carbocycles. The predicted octanol–water partition coefficient (Wildman–Crippen LogP) is 11.9. The molecule has 1 unspecified atom stereocenters. The summed E-state index contributed by atoms with van der Waals surface area (Å²) in [5, 5.41) is 11.1. The third-order valence-electron chi connectivity index (χ3n) is 8.48. The number of hydrogen-bond acceptors (Lipinski definition) is 4. The summed E-state index contributed by atoms with van der Waals surface area (Å²) in [6.07, 6.45) is 46.6. The van der Waals surface area contributed by atoms with Gasteiger partial charge in [-0.25, -0.2) is 0 Å². The molecular formula is C42H73NO5. The minimum absolute atomic E-state index is 0.0196. The maximum absolute atomic E-state index is 12.7. The summed E-state index contributed by atoms with van der Waals surface area (Å²) in [5.74, 6) is -1.28. The Kier molecular flexibility index (Phi) is 35.2. The third-order valence-corrected chi connectivity index (χ3v) is 8.48. The minimum Gasteiger partial charge on any atom is -0.480 e. The molecule has 0 saturated heterocycles. The molecule has 0 aliphatic rings. The standard InChI is InChI=1S/C42H73NO5/c1-3-5-7-9-11-13-15-17-19-21-23-26-30-34-39(35-31-27-25-28-32-36-40(44)43-38-41(45)46)48-42(47)37-33-29-24-22-20-18-16-14-12-10-8-6-4-2/h6,8,12,14,18,20-21,23,39H,3-5,7,9-11,13,15-17,19,22,24-38H2,1-2H3,(H,43,44)(H,45,46)/b8-6-,14-12-,20-18-,23-21-. The molecule has 276 valence electrons. The highest BCUT2D eigenvalue weighted by Crippen LogP contribution is 2.17. The molecule has 0 rings (SSSR count). The monoisotopic (exact) mass is 672 g/mol. The molecule has 0 radical (unpaired) electrons. The molecule has 0 spiro atoms. The number of allylic oxidation sites excluding steroid dienone is 8. The van der Waals surface area contributed by atoms with E-state index in [0.29, 0.717) is 12.8 Å². The molecular weight excluding hydrogens is 598 g/mol. The fourth-order valence-electron chi connectivity index (χ4n) is 5.59. The summed E-state index contributed by atoms with van der Waals surface area (Å²) in [5.41, 5.74) is 0. The number of unbranched alkanes of at least 4 members (excludes halogenated alkanes) is 16. The van der Waals surface area contributed by atoms with Crippen LogP contribution in [0.3, 0.4) is 0 Å². The van der Waals surface area contributed by atoms with Crippen molar-refractivity contribution in [2.75, 3.05) is 6.54 Å². The van der Waals surface area contributed by atoms with Gasteiger partial charge in [0.1, 0.15) is 12.6 Å². The van der Waals surface area contributed by atoms with Crippen LogP contribution < -0.4 is 5.32 Å². The number of rotatable bonds is 35. The van der Waals surface area contributed by atoms with Gasteiger partial charge in [-0.15, -0.1) is 0 Å². The number of aliphatic carboxylic acids is 1. The number of ether oxygens (including phenoxy) is 1. The quantitative estimate of drug-likeness (QED) is 0.0397. The topological polar surface area (TPSA) is 92.7 Å². The van der Waals surface area contributed by atoms with Gasteiger partial charge in [0.25, 0.3) is 0 Å². The Morgan fingerprint density at radius 3 is 1.69 bits per heavy atom. The van der Waals surface area contributed by atoms with Crippen LogP contribution >= 0.6 is 0 Å². The van der Waals surface area contributed by atoms with Gasteiger partial charge in [-0.05, 0) is 89.9 Å². The first-order valence-corrected chi connectivity index (χ1v) is 19.8. The van der Waals surface area contributed by atoms with Crippen molar-refractivity contribution in [3.8, 4) is 0 Å². The van der Waals surface area contributed by atoms with Crippen LogP contribution in [0, 0.1) is 0 Å². The van der Waals surface area contributed by atoms with Gasteiger partial charge in [0.2, 0.25) is 5.91 Å². The van der Waals surface area contributed by atoms with Crippen LogP contribution in [0.4, 0.5) is 0 Å². The first kappa shape index (κ1) is 45.4. The van der Waals surface area contributed by atoms with Gasteiger partial charge in [-0.2, -0.15) is 0 Å². The zero-order valence-electron chi connectivity index (χ0n) is 31.1. The molecule has 2 N–H and O–H groups in total. The highest BCUT2D eigenvalue weighted by molar-refractivity contribution is 5.80. The van der Waals surface area contributed by atoms with Crippen molar-refractivity contribution in [1.29, 1.82) is 0 Å². The van der Waals surface area contributed by atoms with E-state index in [9.17, 15) is 14.4 Å². The molecule has 0 aromatic heterocycles. The second kappa shape index (κ2) is 37.2. The fourth-order valence-corrected chi connectivity index (χ4v) is 5.59. The van der Waals surface area contributed by atoms with Crippen LogP contribution in [0.15, 0.2) is 48.6 Å². The molecule has 0 aliphatic heterocycles. The Morgan fingerprint density at radius 2 is 1.04 bits per heavy atom. The highest BCUT2D eigenvalue weighted by atomic mass is 16.5. The fraction of sp³-hybridized carbons (Fsp3) is 0.738. The van der Waals surface area contributed by atoms with Crippen molar-refractivity contribution in [3.05, 3.63) is 48.6 Å². The van der Waals surface area contributed by atoms with E-state index < -0.39 is 5.97 Å². The Hall–Kier alpha value is -2.63. The van der Waals surface area contributed by atoms with Crippen LogP contribution in [-0.2, 0) is 19.1 Å². The molecule has 0 heterocycles. The lowest BCUT2D eigenvalue weighted by atomic mass is 10.0. The largest absolute Gasteiger partial charge is 0.480 e. The van der Waals surface area contributed by atoms with Gasteiger partial charge < -0.3 is 15.2 Å². The summed E-state index contributed by atoms with van der Waals surface area (Å²) in [6.45, 7) is 4.10. The highest BCUT2D eigenvalue weighted by Gasteiger charge is 2.14. The average Bonchev–Trinajstić information content (AvgIpc) is 3.07. The summed E-state index contributed by atoms with van der Waals surface area (Å²) in [7, 11) is 0. The van der Waals surface area contributed by atoms with Crippen LogP contribution in [0.25, 0.3) is 0 Å². The van der Waals surface area contributed by atoms with E-state index in [1.165, 1.54) is 57.8 Å². The lowest BCUT2D eigenvalue weighted by Crippen LogP contribution is -2.28. The molecule has 1 amide bonds. The Labute approximate surface area is 295 Å². The van der Waals surface area contributed by atoms with Crippen molar-refractivity contribution in [1.82, 2.24) is 5.32 Å². The Bertz CT molecular complexity index is 875. The average molecular weight is 672 g/mol. The zero-order chi connectivity index (χ0) is 35.2. The van der Waals surface area contributed by atoms with Gasteiger partial charge in [0.05, 0.1) is 0 Å². The van der Waals surface area contributed by atoms with Crippen molar-refractivity contribution >= 4 is 17.8 Å². The van der Waals surface area contributed by atoms with Gasteiger partial charge >= 0.3 is 11.9 Å². The molecule has 0 bridgehead atoms. The van der Waals surface area contributed by atoms with Gasteiger partial charge in [0.15, 0.2) is 0 Å². The van der Waals surface area contributed by atoms with Gasteiger partial charge in [0, 0.05) is 12.8 Å². The first-order valence-electron chi connectivity index (χ1n) is 19.8. The van der Waals surface area contributed by atoms with Crippen molar-refractivity contribution in [2.24, 2.45) is 0 Å². The molecule has 0 fully saturated rings. The van der Waals surface area contributed by atoms with Crippen molar-refractivity contribution in [2.45, 2.75) is 193 Å². The summed E-state index contributed by atoms with van der Waals surface area (Å²) in [6, 6.07) is 0. The van der Waals surface area contributed by atoms with Crippen LogP contribution in [0.5, 0.6) is 0 Å². The maximum atomic E-state index is 12.7. The molecule has 0 saturated carbocycles. The van der Waals surface area contributed by atoms with Gasteiger partial charge in [-0.3, -0.25) is 14.4 Å². The van der Waals surface area contributed by atoms with Crippen LogP contribution in [0.1, 0.15) is 187 Å². The number of carbonyl (C=O) groups is 3. The number of carboxylic acids is 1. The number of nitrogens with one attached hydrogen (secondary N) is 1. The van der Waals surface area contributed by atoms with Crippen molar-refractivity contribution < 1.29 is 24.2 Å². The Morgan fingerprint density at radius 1 is 0.562 bits per heavy atom. The van der Waals surface area contributed by atoms with Crippen LogP contribution in [0.2, 0.25) is 0 Å². The molecule has 6 nitrogen and oxygen atoms in total. The smallest absolute Gasteiger partial charge is 0.322 e. The molecule has 0 aromatic rings. The summed E-state index contributed by atoms with van der Waals surface area (Å²) >= 11 is 0. The van der Waals surface area contributed by atoms with E-state index in [-0.39, 0.29) is 24.5 Å². The van der Waals surface area contributed by atoms with E-state index in [2.05, 4.69) is 67.8 Å². The Balaban J connectivity index is 4.30. The lowest BCUT2D eigenvalue weighted by molar-refractivity contribution is -0.150. The summed E-state index contributed by atoms with van der Waals surface area (Å²) in [4.78, 5) is 34.9. The van der Waals surface area contributed by atoms with E-state index in [1.54, 1.807) is 0 Å². The zero-order valence-corrected chi connectivity index (χ0v) is 31.1. The second-order valence-electron chi connectivity index (χ2n) is 13.1. The number of carbonyl (C=O) groups excluding carboxylic acids is 2. The summed E-state index contributed by atoms with van der Waals surface area (Å²) < 4.78 is 5.98.